The quantitative estimate of drug-likeness (QED) is 0.835. The maximum atomic E-state index is 4.43. The lowest BCUT2D eigenvalue weighted by Gasteiger charge is -2.12. The predicted octanol–water partition coefficient (Wildman–Crippen LogP) is 4.29. The van der Waals surface area contributed by atoms with Gasteiger partial charge in [0.15, 0.2) is 0 Å². The third-order valence-electron chi connectivity index (χ3n) is 2.75. The number of fused-ring (bicyclic) bond motifs is 1. The third-order valence-corrected chi connectivity index (χ3v) is 3.56. The summed E-state index contributed by atoms with van der Waals surface area (Å²) < 4.78 is 4.43. The lowest BCUT2D eigenvalue weighted by Crippen LogP contribution is -2.13. The van der Waals surface area contributed by atoms with Crippen LogP contribution in [0.4, 0.5) is 5.00 Å². The van der Waals surface area contributed by atoms with Crippen LogP contribution in [-0.2, 0) is 0 Å². The second-order valence-electron chi connectivity index (χ2n) is 4.22. The molecule has 16 heavy (non-hydrogen) atoms. The molecule has 3 heteroatoms. The zero-order chi connectivity index (χ0) is 11.4. The van der Waals surface area contributed by atoms with E-state index in [0.29, 0.717) is 6.04 Å². The highest BCUT2D eigenvalue weighted by Crippen LogP contribution is 2.28. The van der Waals surface area contributed by atoms with Crippen LogP contribution in [0, 0.1) is 0 Å². The van der Waals surface area contributed by atoms with Crippen molar-refractivity contribution < 1.29 is 0 Å². The van der Waals surface area contributed by atoms with Crippen molar-refractivity contribution in [1.29, 1.82) is 0 Å². The van der Waals surface area contributed by atoms with Gasteiger partial charge in [-0.25, -0.2) is 0 Å². The standard InChI is InChI=1S/C13H18N2S/c1-3-4-7-10(2)14-13-11-8-5-6-9-12(11)15-16-13/h5-6,8-10,14H,3-4,7H2,1-2H3. The second kappa shape index (κ2) is 5.30. The van der Waals surface area contributed by atoms with Crippen LogP contribution in [0.2, 0.25) is 0 Å². The van der Waals surface area contributed by atoms with E-state index in [9.17, 15) is 0 Å². The van der Waals surface area contributed by atoms with Crippen LogP contribution in [-0.4, -0.2) is 10.4 Å². The van der Waals surface area contributed by atoms with E-state index in [-0.39, 0.29) is 0 Å². The smallest absolute Gasteiger partial charge is 0.117 e. The SMILES string of the molecule is CCCCC(C)Nc1snc2ccccc12. The molecule has 2 nitrogen and oxygen atoms in total. The van der Waals surface area contributed by atoms with Crippen molar-refractivity contribution in [1.82, 2.24) is 4.37 Å². The van der Waals surface area contributed by atoms with E-state index in [1.165, 1.54) is 29.6 Å². The topological polar surface area (TPSA) is 24.9 Å². The summed E-state index contributed by atoms with van der Waals surface area (Å²) in [5, 5.41) is 6.01. The molecule has 0 radical (unpaired) electrons. The summed E-state index contributed by atoms with van der Waals surface area (Å²) in [5.74, 6) is 0. The van der Waals surface area contributed by atoms with E-state index >= 15 is 0 Å². The van der Waals surface area contributed by atoms with Crippen molar-refractivity contribution in [2.24, 2.45) is 0 Å². The van der Waals surface area contributed by atoms with Crippen LogP contribution in [0.3, 0.4) is 0 Å². The van der Waals surface area contributed by atoms with Gasteiger partial charge in [-0.15, -0.1) is 0 Å². The van der Waals surface area contributed by atoms with E-state index in [1.807, 2.05) is 6.07 Å². The van der Waals surface area contributed by atoms with Gasteiger partial charge in [-0.3, -0.25) is 0 Å². The van der Waals surface area contributed by atoms with Crippen LogP contribution < -0.4 is 5.32 Å². The molecule has 0 aliphatic heterocycles. The van der Waals surface area contributed by atoms with Gasteiger partial charge in [0.2, 0.25) is 0 Å². The van der Waals surface area contributed by atoms with Gasteiger partial charge in [0.1, 0.15) is 5.00 Å². The monoisotopic (exact) mass is 234 g/mol. The minimum atomic E-state index is 0.531. The molecule has 0 spiro atoms. The minimum absolute atomic E-state index is 0.531. The molecular formula is C13H18N2S. The Hall–Kier alpha value is -1.09. The second-order valence-corrected chi connectivity index (χ2v) is 4.99. The van der Waals surface area contributed by atoms with E-state index in [0.717, 1.165) is 5.52 Å². The summed E-state index contributed by atoms with van der Waals surface area (Å²) in [4.78, 5) is 0. The fraction of sp³-hybridized carbons (Fsp3) is 0.462. The number of rotatable bonds is 5. The number of nitrogens with one attached hydrogen (secondary N) is 1. The molecule has 1 unspecified atom stereocenters. The highest BCUT2D eigenvalue weighted by molar-refractivity contribution is 7.11. The van der Waals surface area contributed by atoms with E-state index in [4.69, 9.17) is 0 Å². The van der Waals surface area contributed by atoms with Gasteiger partial charge in [-0.2, -0.15) is 4.37 Å². The Morgan fingerprint density at radius 2 is 2.19 bits per heavy atom. The summed E-state index contributed by atoms with van der Waals surface area (Å²) in [5.41, 5.74) is 1.10. The maximum Gasteiger partial charge on any atom is 0.117 e. The van der Waals surface area contributed by atoms with Gasteiger partial charge >= 0.3 is 0 Å². The molecule has 0 aliphatic carbocycles. The molecule has 1 atom stereocenters. The first-order valence-electron chi connectivity index (χ1n) is 5.92. The first-order valence-corrected chi connectivity index (χ1v) is 6.69. The Balaban J connectivity index is 2.09. The van der Waals surface area contributed by atoms with Gasteiger partial charge in [0.25, 0.3) is 0 Å². The molecule has 0 aliphatic rings. The molecule has 2 rings (SSSR count). The van der Waals surface area contributed by atoms with Crippen molar-refractivity contribution >= 4 is 27.4 Å². The summed E-state index contributed by atoms with van der Waals surface area (Å²) in [6.07, 6.45) is 3.77. The Morgan fingerprint density at radius 1 is 1.38 bits per heavy atom. The highest BCUT2D eigenvalue weighted by atomic mass is 32.1. The average molecular weight is 234 g/mol. The summed E-state index contributed by atoms with van der Waals surface area (Å²) in [6.45, 7) is 4.47. The fourth-order valence-electron chi connectivity index (χ4n) is 1.80. The molecule has 0 amide bonds. The van der Waals surface area contributed by atoms with Crippen LogP contribution in [0.5, 0.6) is 0 Å². The number of hydrogen-bond acceptors (Lipinski definition) is 3. The number of anilines is 1. The number of aromatic nitrogens is 1. The number of unbranched alkanes of at least 4 members (excludes halogenated alkanes) is 1. The maximum absolute atomic E-state index is 4.43. The molecule has 86 valence electrons. The predicted molar refractivity (Wildman–Crippen MR) is 72.2 cm³/mol. The zero-order valence-corrected chi connectivity index (χ0v) is 10.7. The zero-order valence-electron chi connectivity index (χ0n) is 9.86. The van der Waals surface area contributed by atoms with Crippen LogP contribution in [0.1, 0.15) is 33.1 Å². The summed E-state index contributed by atoms with van der Waals surface area (Å²) in [7, 11) is 0. The van der Waals surface area contributed by atoms with E-state index in [1.54, 1.807) is 11.5 Å². The minimum Gasteiger partial charge on any atom is -0.373 e. The van der Waals surface area contributed by atoms with E-state index in [2.05, 4.69) is 41.7 Å². The molecule has 1 N–H and O–H groups in total. The molecule has 0 saturated carbocycles. The molecule has 0 saturated heterocycles. The molecule has 0 bridgehead atoms. The van der Waals surface area contributed by atoms with Gasteiger partial charge in [0.05, 0.1) is 5.52 Å². The molecule has 1 heterocycles. The lowest BCUT2D eigenvalue weighted by atomic mass is 10.1. The number of nitrogens with zero attached hydrogens (tertiary/aromatic N) is 1. The summed E-state index contributed by atoms with van der Waals surface area (Å²) >= 11 is 1.56. The fourth-order valence-corrected chi connectivity index (χ4v) is 2.67. The Bertz CT molecular complexity index is 450. The van der Waals surface area contributed by atoms with Crippen molar-refractivity contribution in [2.45, 2.75) is 39.2 Å². The van der Waals surface area contributed by atoms with Crippen LogP contribution in [0.25, 0.3) is 10.9 Å². The van der Waals surface area contributed by atoms with E-state index < -0.39 is 0 Å². The van der Waals surface area contributed by atoms with Crippen LogP contribution in [0.15, 0.2) is 24.3 Å². The lowest BCUT2D eigenvalue weighted by molar-refractivity contribution is 0.647. The van der Waals surface area contributed by atoms with Crippen LogP contribution >= 0.6 is 11.5 Å². The molecule has 0 fully saturated rings. The first kappa shape index (κ1) is 11.4. The average Bonchev–Trinajstić information content (AvgIpc) is 2.70. The van der Waals surface area contributed by atoms with Gasteiger partial charge in [-0.1, -0.05) is 31.9 Å². The van der Waals surface area contributed by atoms with Gasteiger partial charge in [0, 0.05) is 11.4 Å². The number of hydrogen-bond donors (Lipinski definition) is 1. The summed E-state index contributed by atoms with van der Waals surface area (Å²) in [6, 6.07) is 8.83. The van der Waals surface area contributed by atoms with Gasteiger partial charge in [-0.05, 0) is 37.0 Å². The third kappa shape index (κ3) is 2.53. The molecular weight excluding hydrogens is 216 g/mol. The Morgan fingerprint density at radius 3 is 3.00 bits per heavy atom. The largest absolute Gasteiger partial charge is 0.373 e. The molecule has 1 aromatic heterocycles. The number of benzene rings is 1. The normalized spacial score (nSPS) is 12.9. The first-order chi connectivity index (χ1) is 7.81. The molecule has 1 aromatic carbocycles. The Labute approximate surface area is 101 Å². The highest BCUT2D eigenvalue weighted by Gasteiger charge is 2.07. The van der Waals surface area contributed by atoms with Crippen molar-refractivity contribution in [3.63, 3.8) is 0 Å². The van der Waals surface area contributed by atoms with Crippen molar-refractivity contribution in [2.75, 3.05) is 5.32 Å². The Kier molecular flexibility index (Phi) is 3.78. The van der Waals surface area contributed by atoms with Crippen molar-refractivity contribution in [3.8, 4) is 0 Å². The van der Waals surface area contributed by atoms with Gasteiger partial charge < -0.3 is 5.32 Å². The van der Waals surface area contributed by atoms with Crippen molar-refractivity contribution in [3.05, 3.63) is 24.3 Å². The molecule has 2 aromatic rings.